The molecule has 19 heavy (non-hydrogen) atoms. The topological polar surface area (TPSA) is 67.6 Å². The second-order valence-electron chi connectivity index (χ2n) is 5.31. The zero-order valence-electron chi connectivity index (χ0n) is 12.0. The lowest BCUT2D eigenvalue weighted by molar-refractivity contribution is -0.130. The van der Waals surface area contributed by atoms with Crippen LogP contribution in [-0.4, -0.2) is 59.6 Å². The number of likely N-dealkylation sites (tertiary alicyclic amines) is 1. The first-order valence-electron chi connectivity index (χ1n) is 7.09. The summed E-state index contributed by atoms with van der Waals surface area (Å²) in [4.78, 5) is 15.7. The van der Waals surface area contributed by atoms with E-state index in [4.69, 9.17) is 5.26 Å². The van der Waals surface area contributed by atoms with Crippen molar-refractivity contribution < 1.29 is 9.90 Å². The molecule has 1 heterocycles. The molecular formula is C14H25N3O2. The van der Waals surface area contributed by atoms with Crippen molar-refractivity contribution in [2.45, 2.75) is 51.2 Å². The van der Waals surface area contributed by atoms with Gasteiger partial charge in [0.2, 0.25) is 5.91 Å². The van der Waals surface area contributed by atoms with Crippen LogP contribution in [0.5, 0.6) is 0 Å². The molecule has 0 aliphatic carbocycles. The molecule has 1 N–H and O–H groups in total. The van der Waals surface area contributed by atoms with Gasteiger partial charge in [-0.2, -0.15) is 5.26 Å². The molecule has 1 fully saturated rings. The third kappa shape index (κ3) is 5.17. The average Bonchev–Trinajstić information content (AvgIpc) is 2.42. The molecule has 1 rings (SSSR count). The molecule has 1 saturated heterocycles. The number of amides is 1. The van der Waals surface area contributed by atoms with E-state index in [0.29, 0.717) is 25.9 Å². The molecule has 0 bridgehead atoms. The number of aliphatic hydroxyl groups excluding tert-OH is 1. The second-order valence-corrected chi connectivity index (χ2v) is 5.31. The average molecular weight is 267 g/mol. The fraction of sp³-hybridized carbons (Fsp3) is 0.857. The van der Waals surface area contributed by atoms with Crippen LogP contribution in [0.1, 0.15) is 39.0 Å². The predicted molar refractivity (Wildman–Crippen MR) is 73.4 cm³/mol. The number of carbonyl (C=O) groups is 1. The molecule has 1 aliphatic heterocycles. The monoisotopic (exact) mass is 267 g/mol. The van der Waals surface area contributed by atoms with Crippen molar-refractivity contribution in [3.63, 3.8) is 0 Å². The van der Waals surface area contributed by atoms with Gasteiger partial charge in [0.05, 0.1) is 18.6 Å². The summed E-state index contributed by atoms with van der Waals surface area (Å²) in [5.41, 5.74) is 0. The van der Waals surface area contributed by atoms with Crippen molar-refractivity contribution >= 4 is 5.91 Å². The smallest absolute Gasteiger partial charge is 0.223 e. The molecule has 5 heteroatoms. The highest BCUT2D eigenvalue weighted by atomic mass is 16.3. The first-order chi connectivity index (χ1) is 9.06. The third-order valence-corrected chi connectivity index (χ3v) is 3.82. The molecule has 0 aromatic heterocycles. The highest BCUT2D eigenvalue weighted by Crippen LogP contribution is 2.20. The molecule has 5 nitrogen and oxygen atoms in total. The lowest BCUT2D eigenvalue weighted by atomic mass is 9.98. The van der Waals surface area contributed by atoms with Gasteiger partial charge in [-0.1, -0.05) is 6.42 Å². The Morgan fingerprint density at radius 1 is 1.58 bits per heavy atom. The van der Waals surface area contributed by atoms with Crippen molar-refractivity contribution in [1.82, 2.24) is 9.80 Å². The summed E-state index contributed by atoms with van der Waals surface area (Å²) in [5, 5.41) is 18.3. The van der Waals surface area contributed by atoms with Crippen LogP contribution >= 0.6 is 0 Å². The van der Waals surface area contributed by atoms with Crippen LogP contribution in [0.25, 0.3) is 0 Å². The minimum atomic E-state index is -0.341. The second kappa shape index (κ2) is 8.13. The Hall–Kier alpha value is -1.12. The summed E-state index contributed by atoms with van der Waals surface area (Å²) < 4.78 is 0. The van der Waals surface area contributed by atoms with Crippen LogP contribution in [0, 0.1) is 11.3 Å². The molecule has 0 aromatic carbocycles. The summed E-state index contributed by atoms with van der Waals surface area (Å²) in [7, 11) is 1.74. The number of carbonyl (C=O) groups excluding carboxylic acids is 1. The van der Waals surface area contributed by atoms with Gasteiger partial charge in [-0.05, 0) is 26.3 Å². The van der Waals surface area contributed by atoms with Crippen LogP contribution in [0.2, 0.25) is 0 Å². The number of hydrogen-bond acceptors (Lipinski definition) is 4. The van der Waals surface area contributed by atoms with Gasteiger partial charge in [0, 0.05) is 32.6 Å². The van der Waals surface area contributed by atoms with Crippen LogP contribution < -0.4 is 0 Å². The zero-order valence-corrected chi connectivity index (χ0v) is 12.0. The summed E-state index contributed by atoms with van der Waals surface area (Å²) in [6.45, 7) is 3.98. The SMILES string of the molecule is CC(O)C1CCCCN1CCC(=O)N(C)CCC#N. The van der Waals surface area contributed by atoms with E-state index in [0.717, 1.165) is 25.8 Å². The Kier molecular flexibility index (Phi) is 6.82. The number of rotatable bonds is 6. The maximum Gasteiger partial charge on any atom is 0.223 e. The number of aliphatic hydroxyl groups is 1. The summed E-state index contributed by atoms with van der Waals surface area (Å²) in [5.74, 6) is 0.0742. The maximum absolute atomic E-state index is 11.9. The highest BCUT2D eigenvalue weighted by molar-refractivity contribution is 5.76. The lowest BCUT2D eigenvalue weighted by Crippen LogP contribution is -2.47. The first-order valence-corrected chi connectivity index (χ1v) is 7.09. The van der Waals surface area contributed by atoms with Gasteiger partial charge in [0.15, 0.2) is 0 Å². The zero-order chi connectivity index (χ0) is 14.3. The Morgan fingerprint density at radius 3 is 2.95 bits per heavy atom. The van der Waals surface area contributed by atoms with Gasteiger partial charge in [0.1, 0.15) is 0 Å². The van der Waals surface area contributed by atoms with E-state index in [2.05, 4.69) is 4.90 Å². The van der Waals surface area contributed by atoms with Crippen LogP contribution in [0.15, 0.2) is 0 Å². The number of hydrogen-bond donors (Lipinski definition) is 1. The van der Waals surface area contributed by atoms with Crippen molar-refractivity contribution in [2.75, 3.05) is 26.7 Å². The fourth-order valence-electron chi connectivity index (χ4n) is 2.61. The van der Waals surface area contributed by atoms with E-state index in [-0.39, 0.29) is 18.1 Å². The van der Waals surface area contributed by atoms with Crippen LogP contribution in [0.4, 0.5) is 0 Å². The molecule has 0 aromatic rings. The van der Waals surface area contributed by atoms with Gasteiger partial charge >= 0.3 is 0 Å². The number of piperidine rings is 1. The van der Waals surface area contributed by atoms with Crippen molar-refractivity contribution in [2.24, 2.45) is 0 Å². The molecular weight excluding hydrogens is 242 g/mol. The lowest BCUT2D eigenvalue weighted by Gasteiger charge is -2.37. The molecule has 1 amide bonds. The van der Waals surface area contributed by atoms with Gasteiger partial charge in [-0.15, -0.1) is 0 Å². The van der Waals surface area contributed by atoms with Crippen LogP contribution in [0.3, 0.4) is 0 Å². The van der Waals surface area contributed by atoms with E-state index < -0.39 is 0 Å². The molecule has 0 radical (unpaired) electrons. The standard InChI is InChI=1S/C14H25N3O2/c1-12(18)13-6-3-4-10-17(13)11-7-14(19)16(2)9-5-8-15/h12-13,18H,3-7,9-11H2,1-2H3. The molecule has 1 aliphatic rings. The van der Waals surface area contributed by atoms with Gasteiger partial charge < -0.3 is 10.0 Å². The Labute approximate surface area is 115 Å². The van der Waals surface area contributed by atoms with Gasteiger partial charge in [-0.3, -0.25) is 9.69 Å². The molecule has 2 unspecified atom stereocenters. The highest BCUT2D eigenvalue weighted by Gasteiger charge is 2.26. The normalized spacial score (nSPS) is 21.7. The molecule has 0 spiro atoms. The minimum absolute atomic E-state index is 0.0742. The Morgan fingerprint density at radius 2 is 2.32 bits per heavy atom. The predicted octanol–water partition coefficient (Wildman–Crippen LogP) is 0.984. The van der Waals surface area contributed by atoms with E-state index in [9.17, 15) is 9.90 Å². The van der Waals surface area contributed by atoms with Crippen molar-refractivity contribution in [1.29, 1.82) is 5.26 Å². The van der Waals surface area contributed by atoms with Crippen LogP contribution in [-0.2, 0) is 4.79 Å². The summed E-state index contributed by atoms with van der Waals surface area (Å²) in [6, 6.07) is 2.23. The van der Waals surface area contributed by atoms with Gasteiger partial charge in [-0.25, -0.2) is 0 Å². The molecule has 0 saturated carbocycles. The van der Waals surface area contributed by atoms with E-state index in [1.54, 1.807) is 11.9 Å². The van der Waals surface area contributed by atoms with Gasteiger partial charge in [0.25, 0.3) is 0 Å². The quantitative estimate of drug-likeness (QED) is 0.779. The number of nitriles is 1. The van der Waals surface area contributed by atoms with E-state index in [1.807, 2.05) is 13.0 Å². The maximum atomic E-state index is 11.9. The first kappa shape index (κ1) is 15.9. The third-order valence-electron chi connectivity index (χ3n) is 3.82. The fourth-order valence-corrected chi connectivity index (χ4v) is 2.61. The molecule has 108 valence electrons. The summed E-state index contributed by atoms with van der Waals surface area (Å²) >= 11 is 0. The van der Waals surface area contributed by atoms with Crippen molar-refractivity contribution in [3.8, 4) is 6.07 Å². The minimum Gasteiger partial charge on any atom is -0.392 e. The van der Waals surface area contributed by atoms with E-state index in [1.165, 1.54) is 0 Å². The molecule has 2 atom stereocenters. The number of nitrogens with zero attached hydrogens (tertiary/aromatic N) is 3. The van der Waals surface area contributed by atoms with E-state index >= 15 is 0 Å². The Bertz CT molecular complexity index is 325. The largest absolute Gasteiger partial charge is 0.392 e. The van der Waals surface area contributed by atoms with Crippen molar-refractivity contribution in [3.05, 3.63) is 0 Å². The summed E-state index contributed by atoms with van der Waals surface area (Å²) in [6.07, 6.45) is 3.81. The Balaban J connectivity index is 2.37.